The highest BCUT2D eigenvalue weighted by Crippen LogP contribution is 2.23. The third-order valence-electron chi connectivity index (χ3n) is 3.83. The summed E-state index contributed by atoms with van der Waals surface area (Å²) in [5.74, 6) is -0.563. The van der Waals surface area contributed by atoms with Crippen LogP contribution >= 0.6 is 0 Å². The average Bonchev–Trinajstić information content (AvgIpc) is 2.46. The number of carbonyl (C=O) groups excluding carboxylic acids is 1. The van der Waals surface area contributed by atoms with Crippen LogP contribution in [0.5, 0.6) is 0 Å². The molecule has 2 rings (SSSR count). The number of carbonyl (C=O) groups is 1. The van der Waals surface area contributed by atoms with E-state index in [1.807, 2.05) is 6.92 Å². The molecule has 1 aliphatic rings. The number of likely N-dealkylation sites (tertiary alicyclic amines) is 1. The number of amides is 1. The van der Waals surface area contributed by atoms with Crippen LogP contribution in [-0.2, 0) is 11.3 Å². The number of hydrogen-bond acceptors (Lipinski definition) is 3. The maximum Gasteiger partial charge on any atom is 0.256 e. The van der Waals surface area contributed by atoms with E-state index in [-0.39, 0.29) is 18.3 Å². The fourth-order valence-corrected chi connectivity index (χ4v) is 2.67. The van der Waals surface area contributed by atoms with Crippen molar-refractivity contribution >= 4 is 5.91 Å². The SMILES string of the molecule is C=C(C)CNCC1(O)CCCN(Cc2ccc(F)cc2)C1=O. The molecule has 1 unspecified atom stereocenters. The Morgan fingerprint density at radius 1 is 1.45 bits per heavy atom. The smallest absolute Gasteiger partial charge is 0.256 e. The maximum atomic E-state index is 12.9. The predicted molar refractivity (Wildman–Crippen MR) is 83.7 cm³/mol. The number of nitrogens with zero attached hydrogens (tertiary/aromatic N) is 1. The van der Waals surface area contributed by atoms with Crippen molar-refractivity contribution in [2.45, 2.75) is 31.9 Å². The molecular weight excluding hydrogens is 283 g/mol. The van der Waals surface area contributed by atoms with Gasteiger partial charge in [0, 0.05) is 26.2 Å². The minimum atomic E-state index is -1.37. The Balaban J connectivity index is 1.99. The van der Waals surface area contributed by atoms with Crippen LogP contribution in [0.25, 0.3) is 0 Å². The third kappa shape index (κ3) is 4.15. The minimum Gasteiger partial charge on any atom is -0.379 e. The second kappa shape index (κ2) is 7.03. The highest BCUT2D eigenvalue weighted by Gasteiger charge is 2.41. The Bertz CT molecular complexity index is 544. The summed E-state index contributed by atoms with van der Waals surface area (Å²) in [6.45, 7) is 7.48. The van der Waals surface area contributed by atoms with Crippen LogP contribution < -0.4 is 5.32 Å². The number of piperidine rings is 1. The lowest BCUT2D eigenvalue weighted by molar-refractivity contribution is -0.157. The number of rotatable bonds is 6. The van der Waals surface area contributed by atoms with Gasteiger partial charge in [-0.2, -0.15) is 0 Å². The Morgan fingerprint density at radius 3 is 2.77 bits per heavy atom. The molecule has 1 aromatic carbocycles. The summed E-state index contributed by atoms with van der Waals surface area (Å²) >= 11 is 0. The highest BCUT2D eigenvalue weighted by molar-refractivity contribution is 5.86. The number of aliphatic hydroxyl groups is 1. The second-order valence-corrected chi connectivity index (χ2v) is 6.05. The van der Waals surface area contributed by atoms with Gasteiger partial charge in [0.25, 0.3) is 5.91 Å². The van der Waals surface area contributed by atoms with E-state index in [0.29, 0.717) is 26.1 Å². The third-order valence-corrected chi connectivity index (χ3v) is 3.83. The zero-order chi connectivity index (χ0) is 16.2. The molecule has 1 heterocycles. The van der Waals surface area contributed by atoms with E-state index in [0.717, 1.165) is 17.6 Å². The van der Waals surface area contributed by atoms with Crippen LogP contribution in [-0.4, -0.2) is 41.1 Å². The lowest BCUT2D eigenvalue weighted by Crippen LogP contribution is -2.57. The van der Waals surface area contributed by atoms with Crippen molar-refractivity contribution < 1.29 is 14.3 Å². The van der Waals surface area contributed by atoms with Crippen molar-refractivity contribution in [3.63, 3.8) is 0 Å². The van der Waals surface area contributed by atoms with E-state index in [9.17, 15) is 14.3 Å². The Labute approximate surface area is 130 Å². The van der Waals surface area contributed by atoms with E-state index < -0.39 is 5.60 Å². The van der Waals surface area contributed by atoms with Gasteiger partial charge in [0.1, 0.15) is 5.82 Å². The van der Waals surface area contributed by atoms with Crippen molar-refractivity contribution in [1.82, 2.24) is 10.2 Å². The van der Waals surface area contributed by atoms with Crippen LogP contribution in [0.4, 0.5) is 4.39 Å². The summed E-state index contributed by atoms with van der Waals surface area (Å²) in [4.78, 5) is 14.2. The zero-order valence-electron chi connectivity index (χ0n) is 12.9. The molecule has 0 aliphatic carbocycles. The van der Waals surface area contributed by atoms with E-state index in [1.165, 1.54) is 12.1 Å². The minimum absolute atomic E-state index is 0.221. The van der Waals surface area contributed by atoms with E-state index >= 15 is 0 Å². The van der Waals surface area contributed by atoms with Crippen LogP contribution in [0.1, 0.15) is 25.3 Å². The van der Waals surface area contributed by atoms with Crippen molar-refractivity contribution in [2.75, 3.05) is 19.6 Å². The van der Waals surface area contributed by atoms with Crippen LogP contribution in [0.2, 0.25) is 0 Å². The van der Waals surface area contributed by atoms with Crippen molar-refractivity contribution in [3.8, 4) is 0 Å². The van der Waals surface area contributed by atoms with Gasteiger partial charge in [-0.05, 0) is 37.5 Å². The van der Waals surface area contributed by atoms with E-state index in [2.05, 4.69) is 11.9 Å². The molecule has 1 saturated heterocycles. The first-order valence-electron chi connectivity index (χ1n) is 7.52. The van der Waals surface area contributed by atoms with Gasteiger partial charge < -0.3 is 15.3 Å². The molecule has 1 atom stereocenters. The summed E-state index contributed by atoms with van der Waals surface area (Å²) in [7, 11) is 0. The average molecular weight is 306 g/mol. The van der Waals surface area contributed by atoms with Crippen molar-refractivity contribution in [1.29, 1.82) is 0 Å². The van der Waals surface area contributed by atoms with Gasteiger partial charge in [-0.15, -0.1) is 0 Å². The highest BCUT2D eigenvalue weighted by atomic mass is 19.1. The molecule has 5 heteroatoms. The first-order chi connectivity index (χ1) is 10.4. The summed E-state index contributed by atoms with van der Waals surface area (Å²) in [5.41, 5.74) is 0.442. The summed E-state index contributed by atoms with van der Waals surface area (Å²) in [6, 6.07) is 6.08. The molecule has 2 N–H and O–H groups in total. The first-order valence-corrected chi connectivity index (χ1v) is 7.52. The molecule has 0 aromatic heterocycles. The lowest BCUT2D eigenvalue weighted by Gasteiger charge is -2.38. The molecule has 0 radical (unpaired) electrons. The normalized spacial score (nSPS) is 22.0. The topological polar surface area (TPSA) is 52.6 Å². The van der Waals surface area contributed by atoms with Gasteiger partial charge in [-0.25, -0.2) is 4.39 Å². The Morgan fingerprint density at radius 2 is 2.14 bits per heavy atom. The summed E-state index contributed by atoms with van der Waals surface area (Å²) < 4.78 is 12.9. The van der Waals surface area contributed by atoms with Crippen LogP contribution in [0, 0.1) is 5.82 Å². The van der Waals surface area contributed by atoms with Gasteiger partial charge in [0.15, 0.2) is 5.60 Å². The van der Waals surface area contributed by atoms with Gasteiger partial charge in [0.05, 0.1) is 0 Å². The van der Waals surface area contributed by atoms with Crippen molar-refractivity contribution in [2.24, 2.45) is 0 Å². The number of hydrogen-bond donors (Lipinski definition) is 2. The van der Waals surface area contributed by atoms with Crippen molar-refractivity contribution in [3.05, 3.63) is 47.8 Å². The standard InChI is InChI=1S/C17H23FN2O2/c1-13(2)10-19-12-17(22)8-3-9-20(16(17)21)11-14-4-6-15(18)7-5-14/h4-7,19,22H,1,3,8-12H2,2H3. The fraction of sp³-hybridized carbons (Fsp3) is 0.471. The molecule has 120 valence electrons. The monoisotopic (exact) mass is 306 g/mol. The quantitative estimate of drug-likeness (QED) is 0.789. The second-order valence-electron chi connectivity index (χ2n) is 6.05. The molecule has 1 fully saturated rings. The molecule has 0 saturated carbocycles. The molecule has 1 aliphatic heterocycles. The van der Waals surface area contributed by atoms with Gasteiger partial charge in [0.2, 0.25) is 0 Å². The van der Waals surface area contributed by atoms with E-state index in [1.54, 1.807) is 17.0 Å². The molecule has 1 aromatic rings. The van der Waals surface area contributed by atoms with Gasteiger partial charge >= 0.3 is 0 Å². The fourth-order valence-electron chi connectivity index (χ4n) is 2.67. The summed E-state index contributed by atoms with van der Waals surface area (Å²) in [5, 5.41) is 13.7. The molecule has 0 spiro atoms. The van der Waals surface area contributed by atoms with Crippen LogP contribution in [0.15, 0.2) is 36.4 Å². The summed E-state index contributed by atoms with van der Waals surface area (Å²) in [6.07, 6.45) is 1.20. The lowest BCUT2D eigenvalue weighted by atomic mass is 9.91. The van der Waals surface area contributed by atoms with Crippen LogP contribution in [0.3, 0.4) is 0 Å². The number of halogens is 1. The number of nitrogens with one attached hydrogen (secondary N) is 1. The Hall–Kier alpha value is -1.72. The number of benzene rings is 1. The Kier molecular flexibility index (Phi) is 5.32. The predicted octanol–water partition coefficient (Wildman–Crippen LogP) is 1.84. The molecule has 4 nitrogen and oxygen atoms in total. The maximum absolute atomic E-state index is 12.9. The zero-order valence-corrected chi connectivity index (χ0v) is 12.9. The molecule has 0 bridgehead atoms. The first kappa shape index (κ1) is 16.6. The molecular formula is C17H23FN2O2. The van der Waals surface area contributed by atoms with Gasteiger partial charge in [-0.1, -0.05) is 24.3 Å². The molecule has 1 amide bonds. The van der Waals surface area contributed by atoms with Gasteiger partial charge in [-0.3, -0.25) is 4.79 Å². The van der Waals surface area contributed by atoms with E-state index in [4.69, 9.17) is 0 Å². The molecule has 22 heavy (non-hydrogen) atoms. The largest absolute Gasteiger partial charge is 0.379 e.